The van der Waals surface area contributed by atoms with E-state index in [1.807, 2.05) is 10.9 Å². The summed E-state index contributed by atoms with van der Waals surface area (Å²) in [6.45, 7) is 1.97. The average molecular weight is 306 g/mol. The van der Waals surface area contributed by atoms with Crippen molar-refractivity contribution < 1.29 is 9.53 Å². The van der Waals surface area contributed by atoms with Crippen molar-refractivity contribution in [2.24, 2.45) is 5.92 Å². The second-order valence-corrected chi connectivity index (χ2v) is 6.47. The van der Waals surface area contributed by atoms with Gasteiger partial charge in [0, 0.05) is 12.5 Å². The molecular weight excluding hydrogens is 280 g/mol. The third-order valence-corrected chi connectivity index (χ3v) is 4.76. The predicted molar refractivity (Wildman–Crippen MR) is 82.2 cm³/mol. The Morgan fingerprint density at radius 2 is 2.00 bits per heavy atom. The molecule has 1 saturated carbocycles. The van der Waals surface area contributed by atoms with E-state index in [1.165, 1.54) is 32.1 Å². The number of nitrogens with zero attached hydrogens (tertiary/aromatic N) is 3. The molecular formula is C16H26N4O2. The predicted octanol–water partition coefficient (Wildman–Crippen LogP) is 2.22. The summed E-state index contributed by atoms with van der Waals surface area (Å²) >= 11 is 0. The van der Waals surface area contributed by atoms with Crippen molar-refractivity contribution in [1.82, 2.24) is 20.3 Å². The van der Waals surface area contributed by atoms with Gasteiger partial charge in [0.2, 0.25) is 5.91 Å². The number of carbonyl (C=O) groups excluding carboxylic acids is 1. The van der Waals surface area contributed by atoms with E-state index in [0.717, 1.165) is 31.6 Å². The van der Waals surface area contributed by atoms with Crippen molar-refractivity contribution in [3.8, 4) is 0 Å². The molecule has 2 fully saturated rings. The van der Waals surface area contributed by atoms with Crippen molar-refractivity contribution in [2.75, 3.05) is 13.2 Å². The van der Waals surface area contributed by atoms with Crippen LogP contribution in [0.1, 0.15) is 63.1 Å². The lowest BCUT2D eigenvalue weighted by Gasteiger charge is -2.18. The van der Waals surface area contributed by atoms with Crippen LogP contribution in [0.25, 0.3) is 0 Å². The van der Waals surface area contributed by atoms with E-state index in [-0.39, 0.29) is 11.8 Å². The first-order chi connectivity index (χ1) is 10.8. The zero-order valence-corrected chi connectivity index (χ0v) is 13.2. The number of hydrogen-bond donors (Lipinski definition) is 1. The van der Waals surface area contributed by atoms with Crippen LogP contribution in [0.4, 0.5) is 0 Å². The van der Waals surface area contributed by atoms with Crippen molar-refractivity contribution >= 4 is 5.91 Å². The molecule has 22 heavy (non-hydrogen) atoms. The number of rotatable bonds is 4. The number of hydrogen-bond acceptors (Lipinski definition) is 4. The van der Waals surface area contributed by atoms with E-state index in [0.29, 0.717) is 19.2 Å². The topological polar surface area (TPSA) is 69.0 Å². The molecule has 2 aliphatic rings. The lowest BCUT2D eigenvalue weighted by atomic mass is 9.90. The summed E-state index contributed by atoms with van der Waals surface area (Å²) < 4.78 is 7.23. The molecule has 1 saturated heterocycles. The first kappa shape index (κ1) is 15.5. The highest BCUT2D eigenvalue weighted by atomic mass is 16.5. The second-order valence-electron chi connectivity index (χ2n) is 6.47. The molecule has 6 nitrogen and oxygen atoms in total. The molecule has 3 rings (SSSR count). The average Bonchev–Trinajstić information content (AvgIpc) is 3.15. The van der Waals surface area contributed by atoms with Crippen LogP contribution in [0.15, 0.2) is 6.20 Å². The van der Waals surface area contributed by atoms with Gasteiger partial charge in [0.1, 0.15) is 5.69 Å². The summed E-state index contributed by atoms with van der Waals surface area (Å²) in [5.74, 6) is 0.360. The Kier molecular flexibility index (Phi) is 5.43. The monoisotopic (exact) mass is 306 g/mol. The summed E-state index contributed by atoms with van der Waals surface area (Å²) in [6.07, 6.45) is 11.2. The van der Waals surface area contributed by atoms with E-state index in [1.54, 1.807) is 0 Å². The van der Waals surface area contributed by atoms with Crippen LogP contribution in [-0.2, 0) is 16.1 Å². The highest BCUT2D eigenvalue weighted by Gasteiger charge is 2.21. The quantitative estimate of drug-likeness (QED) is 0.926. The zero-order chi connectivity index (χ0) is 15.2. The highest BCUT2D eigenvalue weighted by Crippen LogP contribution is 2.22. The molecule has 1 N–H and O–H groups in total. The molecule has 1 aliphatic heterocycles. The molecule has 1 aliphatic carbocycles. The van der Waals surface area contributed by atoms with Gasteiger partial charge in [-0.25, -0.2) is 4.68 Å². The number of aromatic nitrogens is 3. The van der Waals surface area contributed by atoms with Gasteiger partial charge >= 0.3 is 0 Å². The highest BCUT2D eigenvalue weighted by molar-refractivity contribution is 5.78. The van der Waals surface area contributed by atoms with Gasteiger partial charge in [-0.2, -0.15) is 0 Å². The Hall–Kier alpha value is -1.43. The zero-order valence-electron chi connectivity index (χ0n) is 13.2. The molecule has 2 heterocycles. The van der Waals surface area contributed by atoms with E-state index in [4.69, 9.17) is 4.74 Å². The smallest absolute Gasteiger partial charge is 0.223 e. The number of nitrogens with one attached hydrogen (secondary N) is 1. The SMILES string of the molecule is O=C(NCc1cn(C2CCOC2)nn1)C1CCCCCCC1. The fraction of sp³-hybridized carbons (Fsp3) is 0.812. The molecule has 1 amide bonds. The minimum atomic E-state index is 0.179. The van der Waals surface area contributed by atoms with Gasteiger partial charge in [0.05, 0.1) is 25.4 Å². The van der Waals surface area contributed by atoms with Crippen molar-refractivity contribution in [1.29, 1.82) is 0 Å². The van der Waals surface area contributed by atoms with Crippen molar-refractivity contribution in [2.45, 2.75) is 64.0 Å². The van der Waals surface area contributed by atoms with Gasteiger partial charge in [-0.05, 0) is 19.3 Å². The third kappa shape index (κ3) is 4.06. The Labute approximate surface area is 131 Å². The maximum absolute atomic E-state index is 12.3. The Bertz CT molecular complexity index is 474. The summed E-state index contributed by atoms with van der Waals surface area (Å²) in [5.41, 5.74) is 0.825. The second kappa shape index (κ2) is 7.72. The van der Waals surface area contributed by atoms with E-state index in [2.05, 4.69) is 15.6 Å². The maximum atomic E-state index is 12.3. The molecule has 122 valence electrons. The van der Waals surface area contributed by atoms with Crippen LogP contribution in [0.3, 0.4) is 0 Å². The fourth-order valence-corrected chi connectivity index (χ4v) is 3.34. The number of ether oxygens (including phenoxy) is 1. The Morgan fingerprint density at radius 1 is 1.23 bits per heavy atom. The minimum Gasteiger partial charge on any atom is -0.379 e. The van der Waals surface area contributed by atoms with Gasteiger partial charge in [-0.15, -0.1) is 5.10 Å². The fourth-order valence-electron chi connectivity index (χ4n) is 3.34. The van der Waals surface area contributed by atoms with Crippen LogP contribution in [0, 0.1) is 5.92 Å². The van der Waals surface area contributed by atoms with Gasteiger partial charge < -0.3 is 10.1 Å². The molecule has 6 heteroatoms. The minimum absolute atomic E-state index is 0.179. The Balaban J connectivity index is 1.47. The van der Waals surface area contributed by atoms with E-state index in [9.17, 15) is 4.79 Å². The van der Waals surface area contributed by atoms with E-state index >= 15 is 0 Å². The first-order valence-electron chi connectivity index (χ1n) is 8.59. The molecule has 0 radical (unpaired) electrons. The third-order valence-electron chi connectivity index (χ3n) is 4.76. The van der Waals surface area contributed by atoms with Gasteiger partial charge in [0.25, 0.3) is 0 Å². The van der Waals surface area contributed by atoms with Crippen LogP contribution in [0.2, 0.25) is 0 Å². The molecule has 0 spiro atoms. The normalized spacial score (nSPS) is 23.9. The number of carbonyl (C=O) groups is 1. The lowest BCUT2D eigenvalue weighted by Crippen LogP contribution is -2.30. The van der Waals surface area contributed by atoms with Crippen LogP contribution < -0.4 is 5.32 Å². The van der Waals surface area contributed by atoms with Crippen LogP contribution >= 0.6 is 0 Å². The van der Waals surface area contributed by atoms with Crippen molar-refractivity contribution in [3.63, 3.8) is 0 Å². The molecule has 1 atom stereocenters. The van der Waals surface area contributed by atoms with Crippen molar-refractivity contribution in [3.05, 3.63) is 11.9 Å². The molecule has 1 aromatic heterocycles. The summed E-state index contributed by atoms with van der Waals surface area (Å²) in [5, 5.41) is 11.3. The summed E-state index contributed by atoms with van der Waals surface area (Å²) in [6, 6.07) is 0.294. The molecule has 0 bridgehead atoms. The largest absolute Gasteiger partial charge is 0.379 e. The van der Waals surface area contributed by atoms with Gasteiger partial charge in [0.15, 0.2) is 0 Å². The molecule has 0 aromatic carbocycles. The Morgan fingerprint density at radius 3 is 2.73 bits per heavy atom. The summed E-state index contributed by atoms with van der Waals surface area (Å²) in [7, 11) is 0. The van der Waals surface area contributed by atoms with Gasteiger partial charge in [-0.1, -0.05) is 37.3 Å². The van der Waals surface area contributed by atoms with Crippen LogP contribution in [0.5, 0.6) is 0 Å². The summed E-state index contributed by atoms with van der Waals surface area (Å²) in [4.78, 5) is 12.3. The standard InChI is InChI=1S/C16H26N4O2/c21-16(13-6-4-2-1-3-5-7-13)17-10-14-11-20(19-18-14)15-8-9-22-12-15/h11,13,15H,1-10,12H2,(H,17,21). The first-order valence-corrected chi connectivity index (χ1v) is 8.59. The van der Waals surface area contributed by atoms with Crippen LogP contribution in [-0.4, -0.2) is 34.1 Å². The molecule has 1 aromatic rings. The van der Waals surface area contributed by atoms with Gasteiger partial charge in [-0.3, -0.25) is 4.79 Å². The maximum Gasteiger partial charge on any atom is 0.223 e. The lowest BCUT2D eigenvalue weighted by molar-refractivity contribution is -0.125. The molecule has 1 unspecified atom stereocenters. The van der Waals surface area contributed by atoms with E-state index < -0.39 is 0 Å². The number of amides is 1.